The van der Waals surface area contributed by atoms with Gasteiger partial charge in [0.25, 0.3) is 0 Å². The summed E-state index contributed by atoms with van der Waals surface area (Å²) >= 11 is 12.8. The summed E-state index contributed by atoms with van der Waals surface area (Å²) in [6.45, 7) is 3.75. The second-order valence-corrected chi connectivity index (χ2v) is 8.03. The maximum absolute atomic E-state index is 14.0. The molecule has 3 rings (SSSR count). The average molecular weight is 520 g/mol. The van der Waals surface area contributed by atoms with Gasteiger partial charge in [-0.2, -0.15) is 10.2 Å². The lowest BCUT2D eigenvalue weighted by Crippen LogP contribution is -2.25. The number of carbonyl (C=O) groups is 1. The molecule has 0 radical (unpaired) electrons. The van der Waals surface area contributed by atoms with Crippen molar-refractivity contribution in [2.24, 2.45) is 0 Å². The van der Waals surface area contributed by atoms with E-state index in [0.29, 0.717) is 20.9 Å². The lowest BCUT2D eigenvalue weighted by Gasteiger charge is -2.13. The third-order valence-corrected chi connectivity index (χ3v) is 5.78. The molecule has 2 heterocycles. The number of benzene rings is 1. The summed E-state index contributed by atoms with van der Waals surface area (Å²) in [5.74, 6) is -0.347. The van der Waals surface area contributed by atoms with Crippen LogP contribution in [0.4, 0.5) is 10.2 Å². The van der Waals surface area contributed by atoms with Gasteiger partial charge in [-0.05, 0) is 57.8 Å². The van der Waals surface area contributed by atoms with Crippen LogP contribution in [0.1, 0.15) is 24.2 Å². The summed E-state index contributed by atoms with van der Waals surface area (Å²) in [5.41, 5.74) is 1.17. The molecular weight excluding hydrogens is 504 g/mol. The van der Waals surface area contributed by atoms with Gasteiger partial charge in [-0.3, -0.25) is 14.2 Å². The first-order valence-corrected chi connectivity index (χ1v) is 9.90. The van der Waals surface area contributed by atoms with Gasteiger partial charge in [-0.25, -0.2) is 4.39 Å². The average Bonchev–Trinajstić information content (AvgIpc) is 3.13. The van der Waals surface area contributed by atoms with Crippen molar-refractivity contribution >= 4 is 55.2 Å². The molecule has 2 aromatic heterocycles. The molecule has 6 nitrogen and oxygen atoms in total. The zero-order valence-corrected chi connectivity index (χ0v) is 18.3. The molecule has 27 heavy (non-hydrogen) atoms. The Bertz CT molecular complexity index is 983. The molecule has 0 saturated heterocycles. The Hall–Kier alpha value is -1.71. The van der Waals surface area contributed by atoms with Gasteiger partial charge < -0.3 is 5.32 Å². The number of aromatic nitrogens is 4. The molecule has 0 spiro atoms. The second-order valence-electron chi connectivity index (χ2n) is 5.91. The predicted octanol–water partition coefficient (Wildman–Crippen LogP) is 4.95. The summed E-state index contributed by atoms with van der Waals surface area (Å²) < 4.78 is 18.5. The van der Waals surface area contributed by atoms with Crippen molar-refractivity contribution in [3.05, 3.63) is 61.6 Å². The fourth-order valence-corrected chi connectivity index (χ4v) is 3.44. The number of hydrogen-bond acceptors (Lipinski definition) is 3. The van der Waals surface area contributed by atoms with E-state index in [1.54, 1.807) is 36.1 Å². The van der Waals surface area contributed by atoms with E-state index in [0.717, 1.165) is 10.2 Å². The maximum Gasteiger partial charge on any atom is 0.250 e. The zero-order chi connectivity index (χ0) is 19.7. The molecule has 0 fully saturated rings. The van der Waals surface area contributed by atoms with Crippen LogP contribution in [0.2, 0.25) is 5.02 Å². The number of hydrogen-bond donors (Lipinski definition) is 1. The number of nitrogens with zero attached hydrogens (tertiary/aromatic N) is 4. The van der Waals surface area contributed by atoms with Gasteiger partial charge in [0.1, 0.15) is 11.9 Å². The van der Waals surface area contributed by atoms with Crippen LogP contribution < -0.4 is 5.32 Å². The molecule has 142 valence electrons. The Labute approximate surface area is 177 Å². The molecule has 10 heteroatoms. The van der Waals surface area contributed by atoms with E-state index >= 15 is 0 Å². The molecule has 1 amide bonds. The molecule has 0 aliphatic carbocycles. The molecule has 0 saturated carbocycles. The molecule has 0 aliphatic heterocycles. The maximum atomic E-state index is 14.0. The van der Waals surface area contributed by atoms with Gasteiger partial charge in [0.05, 0.1) is 27.4 Å². The molecular formula is C17H15Br2ClFN5O. The summed E-state index contributed by atoms with van der Waals surface area (Å²) in [4.78, 5) is 12.6. The Morgan fingerprint density at radius 2 is 2.11 bits per heavy atom. The van der Waals surface area contributed by atoms with E-state index in [1.165, 1.54) is 10.7 Å². The van der Waals surface area contributed by atoms with Crippen molar-refractivity contribution in [3.63, 3.8) is 0 Å². The van der Waals surface area contributed by atoms with Gasteiger partial charge in [-0.15, -0.1) is 0 Å². The topological polar surface area (TPSA) is 64.7 Å². The molecule has 0 aliphatic rings. The number of nitrogens with one attached hydrogen (secondary N) is 1. The second kappa shape index (κ2) is 8.12. The lowest BCUT2D eigenvalue weighted by molar-refractivity contribution is -0.119. The van der Waals surface area contributed by atoms with E-state index < -0.39 is 11.9 Å². The van der Waals surface area contributed by atoms with Crippen molar-refractivity contribution in [2.45, 2.75) is 26.4 Å². The molecule has 3 aromatic rings. The van der Waals surface area contributed by atoms with Gasteiger partial charge in [0.15, 0.2) is 5.82 Å². The van der Waals surface area contributed by atoms with Gasteiger partial charge in [0, 0.05) is 16.8 Å². The van der Waals surface area contributed by atoms with Crippen LogP contribution in [0.5, 0.6) is 0 Å². The summed E-state index contributed by atoms with van der Waals surface area (Å²) in [5, 5.41) is 11.6. The molecule has 1 N–H and O–H groups in total. The van der Waals surface area contributed by atoms with Crippen molar-refractivity contribution < 1.29 is 9.18 Å². The first-order chi connectivity index (χ1) is 12.8. The number of halogens is 4. The largest absolute Gasteiger partial charge is 0.306 e. The summed E-state index contributed by atoms with van der Waals surface area (Å²) in [7, 11) is 0. The van der Waals surface area contributed by atoms with Crippen LogP contribution in [0.25, 0.3) is 0 Å². The minimum atomic E-state index is -0.533. The van der Waals surface area contributed by atoms with E-state index in [4.69, 9.17) is 11.6 Å². The normalized spacial score (nSPS) is 12.2. The van der Waals surface area contributed by atoms with Crippen molar-refractivity contribution in [1.82, 2.24) is 19.6 Å². The van der Waals surface area contributed by atoms with E-state index in [-0.39, 0.29) is 12.5 Å². The highest BCUT2D eigenvalue weighted by molar-refractivity contribution is 9.10. The third-order valence-electron chi connectivity index (χ3n) is 4.07. The Kier molecular flexibility index (Phi) is 6.02. The van der Waals surface area contributed by atoms with Crippen molar-refractivity contribution in [2.75, 3.05) is 5.32 Å². The van der Waals surface area contributed by atoms with Crippen LogP contribution in [0.15, 0.2) is 39.5 Å². The molecule has 1 atom stereocenters. The highest BCUT2D eigenvalue weighted by atomic mass is 79.9. The number of amides is 1. The molecule has 1 unspecified atom stereocenters. The Morgan fingerprint density at radius 1 is 1.37 bits per heavy atom. The van der Waals surface area contributed by atoms with Crippen LogP contribution >= 0.6 is 43.5 Å². The van der Waals surface area contributed by atoms with Crippen LogP contribution in [-0.2, 0) is 11.3 Å². The van der Waals surface area contributed by atoms with Gasteiger partial charge in [0.2, 0.25) is 5.91 Å². The standard InChI is InChI=1S/C17H15Br2ClFN5O/c1-9-12(18)6-22-26(9)10(2)17(27)23-16-13(19)8-25(24-16)7-11-14(20)4-3-5-15(11)21/h3-6,8,10H,7H2,1-2H3,(H,23,24,27). The van der Waals surface area contributed by atoms with E-state index in [1.807, 2.05) is 6.92 Å². The lowest BCUT2D eigenvalue weighted by atomic mass is 10.2. The Balaban J connectivity index is 1.77. The third kappa shape index (κ3) is 4.25. The fraction of sp³-hybridized carbons (Fsp3) is 0.235. The van der Waals surface area contributed by atoms with E-state index in [2.05, 4.69) is 47.4 Å². The van der Waals surface area contributed by atoms with Crippen molar-refractivity contribution in [1.29, 1.82) is 0 Å². The Morgan fingerprint density at radius 3 is 2.74 bits per heavy atom. The quantitative estimate of drug-likeness (QED) is 0.519. The predicted molar refractivity (Wildman–Crippen MR) is 108 cm³/mol. The fourth-order valence-electron chi connectivity index (χ4n) is 2.53. The number of rotatable bonds is 5. The number of anilines is 1. The van der Waals surface area contributed by atoms with Gasteiger partial charge in [-0.1, -0.05) is 17.7 Å². The van der Waals surface area contributed by atoms with Crippen LogP contribution in [0, 0.1) is 12.7 Å². The van der Waals surface area contributed by atoms with Crippen LogP contribution in [-0.4, -0.2) is 25.5 Å². The highest BCUT2D eigenvalue weighted by Crippen LogP contribution is 2.25. The first-order valence-electron chi connectivity index (χ1n) is 7.94. The summed E-state index contributed by atoms with van der Waals surface area (Å²) in [6.07, 6.45) is 3.29. The van der Waals surface area contributed by atoms with Gasteiger partial charge >= 0.3 is 0 Å². The molecule has 1 aromatic carbocycles. The number of carbonyl (C=O) groups excluding carboxylic acids is 1. The van der Waals surface area contributed by atoms with Crippen molar-refractivity contribution in [3.8, 4) is 0 Å². The zero-order valence-electron chi connectivity index (χ0n) is 14.4. The van der Waals surface area contributed by atoms with E-state index in [9.17, 15) is 9.18 Å². The highest BCUT2D eigenvalue weighted by Gasteiger charge is 2.21. The smallest absolute Gasteiger partial charge is 0.250 e. The SMILES string of the molecule is Cc1c(Br)cnn1C(C)C(=O)Nc1nn(Cc2c(F)cccc2Cl)cc1Br. The monoisotopic (exact) mass is 517 g/mol. The minimum Gasteiger partial charge on any atom is -0.306 e. The van der Waals surface area contributed by atoms with Crippen LogP contribution in [0.3, 0.4) is 0 Å². The summed E-state index contributed by atoms with van der Waals surface area (Å²) in [6, 6.07) is 3.97. The molecule has 0 bridgehead atoms. The minimum absolute atomic E-state index is 0.140. The first kappa shape index (κ1) is 20.0.